The molecule has 20 heavy (non-hydrogen) atoms. The first kappa shape index (κ1) is 16.5. The van der Waals surface area contributed by atoms with Gasteiger partial charge in [0, 0.05) is 21.9 Å². The van der Waals surface area contributed by atoms with Crippen LogP contribution in [0.1, 0.15) is 45.6 Å². The summed E-state index contributed by atoms with van der Waals surface area (Å²) in [6, 6.07) is 9.58. The number of hydrogen-bond donors (Lipinski definition) is 1. The van der Waals surface area contributed by atoms with E-state index in [2.05, 4.69) is 66.3 Å². The van der Waals surface area contributed by atoms with Crippen molar-refractivity contribution in [2.75, 3.05) is 0 Å². The van der Waals surface area contributed by atoms with E-state index in [0.717, 1.165) is 18.5 Å². The van der Waals surface area contributed by atoms with Gasteiger partial charge in [-0.1, -0.05) is 48.8 Å². The number of benzene rings is 1. The second kappa shape index (κ2) is 5.73. The molecule has 0 saturated heterocycles. The van der Waals surface area contributed by atoms with Gasteiger partial charge in [0.2, 0.25) is 0 Å². The Morgan fingerprint density at radius 2 is 1.85 bits per heavy atom. The third kappa shape index (κ3) is 2.50. The highest BCUT2D eigenvalue weighted by Gasteiger charge is 2.63. The number of halogens is 2. The maximum atomic E-state index is 3.50. The molecule has 2 N–H and O–H groups in total. The summed E-state index contributed by atoms with van der Waals surface area (Å²) < 4.78 is 1.17. The Morgan fingerprint density at radius 3 is 2.35 bits per heavy atom. The molecule has 2 fully saturated rings. The second-order valence-electron chi connectivity index (χ2n) is 7.28. The van der Waals surface area contributed by atoms with Gasteiger partial charge in [-0.3, -0.25) is 0 Å². The van der Waals surface area contributed by atoms with Crippen molar-refractivity contribution < 1.29 is 22.3 Å². The topological polar surface area (TPSA) is 16.6 Å². The minimum atomic E-state index is 0. The summed E-state index contributed by atoms with van der Waals surface area (Å²) in [5, 5.41) is 2.60. The van der Waals surface area contributed by atoms with Gasteiger partial charge in [-0.2, -0.15) is 0 Å². The Hall–Kier alpha value is 0.140. The highest BCUT2D eigenvalue weighted by Crippen LogP contribution is 2.64. The first-order chi connectivity index (χ1) is 8.93. The third-order valence-electron chi connectivity index (χ3n) is 6.41. The molecule has 0 heterocycles. The molecule has 3 atom stereocenters. The number of nitrogens with two attached hydrogens (primary N) is 1. The van der Waals surface area contributed by atoms with Crippen LogP contribution in [0, 0.1) is 16.7 Å². The third-order valence-corrected chi connectivity index (χ3v) is 6.94. The highest BCUT2D eigenvalue weighted by molar-refractivity contribution is 9.10. The summed E-state index contributed by atoms with van der Waals surface area (Å²) in [6.45, 7) is 8.65. The highest BCUT2D eigenvalue weighted by atomic mass is 79.9. The van der Waals surface area contributed by atoms with Crippen molar-refractivity contribution in [3.8, 4) is 0 Å². The fourth-order valence-corrected chi connectivity index (χ4v) is 4.79. The lowest BCUT2D eigenvalue weighted by Gasteiger charge is -2.37. The van der Waals surface area contributed by atoms with Crippen molar-refractivity contribution in [3.63, 3.8) is 0 Å². The summed E-state index contributed by atoms with van der Waals surface area (Å²) >= 11 is 3.50. The average molecular weight is 403 g/mol. The molecular formula is C17H25Br2N. The molecule has 1 nitrogen and oxygen atoms in total. The van der Waals surface area contributed by atoms with Crippen LogP contribution in [0.2, 0.25) is 0 Å². The van der Waals surface area contributed by atoms with Crippen LogP contribution >= 0.6 is 15.9 Å². The molecule has 3 heteroatoms. The van der Waals surface area contributed by atoms with Crippen LogP contribution in [-0.2, 0) is 6.54 Å². The number of fused-ring (bicyclic) bond motifs is 2. The van der Waals surface area contributed by atoms with Crippen molar-refractivity contribution in [2.45, 2.75) is 52.6 Å². The summed E-state index contributed by atoms with van der Waals surface area (Å²) in [7, 11) is 0. The van der Waals surface area contributed by atoms with Gasteiger partial charge in [-0.25, -0.2) is 0 Å². The predicted octanol–water partition coefficient (Wildman–Crippen LogP) is 0.731. The van der Waals surface area contributed by atoms with E-state index in [9.17, 15) is 0 Å². The molecule has 0 amide bonds. The molecule has 112 valence electrons. The van der Waals surface area contributed by atoms with E-state index in [4.69, 9.17) is 0 Å². The molecule has 2 saturated carbocycles. The van der Waals surface area contributed by atoms with Gasteiger partial charge in [-0.15, -0.1) is 0 Å². The molecule has 2 aliphatic rings. The van der Waals surface area contributed by atoms with E-state index >= 15 is 0 Å². The second-order valence-corrected chi connectivity index (χ2v) is 8.20. The maximum absolute atomic E-state index is 3.50. The van der Waals surface area contributed by atoms with Crippen molar-refractivity contribution in [1.29, 1.82) is 0 Å². The minimum Gasteiger partial charge on any atom is -1.00 e. The standard InChI is InChI=1S/C17H24BrN.BrH/c1-16(2)13-8-9-17(16,3)15(10-13)19-11-12-4-6-14(18)7-5-12;/h4-7,13,15,19H,8-11H2,1-3H3;1H. The summed E-state index contributed by atoms with van der Waals surface area (Å²) in [5.41, 5.74) is 2.51. The smallest absolute Gasteiger partial charge is 0.101 e. The Kier molecular flexibility index (Phi) is 4.73. The van der Waals surface area contributed by atoms with Crippen LogP contribution in [0.4, 0.5) is 0 Å². The van der Waals surface area contributed by atoms with E-state index in [-0.39, 0.29) is 17.0 Å². The summed E-state index contributed by atoms with van der Waals surface area (Å²) in [5.74, 6) is 0.948. The largest absolute Gasteiger partial charge is 1.00 e. The van der Waals surface area contributed by atoms with E-state index in [1.807, 2.05) is 0 Å². The fraction of sp³-hybridized carbons (Fsp3) is 0.647. The Bertz CT molecular complexity index is 468. The predicted molar refractivity (Wildman–Crippen MR) is 82.8 cm³/mol. The quantitative estimate of drug-likeness (QED) is 0.767. The summed E-state index contributed by atoms with van der Waals surface area (Å²) in [4.78, 5) is 0. The minimum absolute atomic E-state index is 0. The summed E-state index contributed by atoms with van der Waals surface area (Å²) in [6.07, 6.45) is 4.29. The van der Waals surface area contributed by atoms with E-state index < -0.39 is 0 Å². The van der Waals surface area contributed by atoms with Gasteiger partial charge in [0.25, 0.3) is 0 Å². The van der Waals surface area contributed by atoms with Crippen molar-refractivity contribution in [2.24, 2.45) is 16.7 Å². The van der Waals surface area contributed by atoms with E-state index in [1.54, 1.807) is 0 Å². The molecule has 1 aromatic carbocycles. The Labute approximate surface area is 141 Å². The van der Waals surface area contributed by atoms with Gasteiger partial charge in [-0.05, 0) is 36.3 Å². The fourth-order valence-electron chi connectivity index (χ4n) is 4.52. The number of hydrogen-bond acceptors (Lipinski definition) is 0. The van der Waals surface area contributed by atoms with Crippen molar-refractivity contribution in [3.05, 3.63) is 34.3 Å². The van der Waals surface area contributed by atoms with E-state index in [1.165, 1.54) is 29.3 Å². The molecule has 0 aromatic heterocycles. The Morgan fingerprint density at radius 1 is 1.20 bits per heavy atom. The van der Waals surface area contributed by atoms with Crippen molar-refractivity contribution >= 4 is 15.9 Å². The zero-order chi connectivity index (χ0) is 13.7. The Balaban J connectivity index is 0.00000147. The zero-order valence-corrected chi connectivity index (χ0v) is 15.8. The van der Waals surface area contributed by atoms with Crippen LogP contribution in [-0.4, -0.2) is 6.04 Å². The van der Waals surface area contributed by atoms with Crippen LogP contribution < -0.4 is 22.3 Å². The van der Waals surface area contributed by atoms with Crippen LogP contribution in [0.15, 0.2) is 28.7 Å². The first-order valence-corrected chi connectivity index (χ1v) is 8.30. The zero-order valence-electron chi connectivity index (χ0n) is 12.6. The maximum Gasteiger partial charge on any atom is 0.101 e. The normalized spacial score (nSPS) is 34.0. The van der Waals surface area contributed by atoms with Crippen LogP contribution in [0.25, 0.3) is 0 Å². The molecule has 1 aromatic rings. The number of quaternary nitrogens is 1. The molecular weight excluding hydrogens is 378 g/mol. The van der Waals surface area contributed by atoms with Gasteiger partial charge in [0.15, 0.2) is 0 Å². The molecule has 2 bridgehead atoms. The van der Waals surface area contributed by atoms with Crippen molar-refractivity contribution in [1.82, 2.24) is 0 Å². The van der Waals surface area contributed by atoms with Gasteiger partial charge in [0.05, 0.1) is 6.04 Å². The van der Waals surface area contributed by atoms with Gasteiger partial charge >= 0.3 is 0 Å². The SMILES string of the molecule is CC1(C)C2CCC1(C)C([NH2+]Cc1ccc(Br)cc1)C2.[Br-]. The lowest BCUT2D eigenvalue weighted by atomic mass is 9.69. The lowest BCUT2D eigenvalue weighted by Crippen LogP contribution is -3.00. The molecule has 3 unspecified atom stereocenters. The van der Waals surface area contributed by atoms with Gasteiger partial charge < -0.3 is 22.3 Å². The molecule has 0 spiro atoms. The molecule has 0 radical (unpaired) electrons. The van der Waals surface area contributed by atoms with Crippen LogP contribution in [0.5, 0.6) is 0 Å². The number of rotatable bonds is 3. The van der Waals surface area contributed by atoms with Crippen LogP contribution in [0.3, 0.4) is 0 Å². The molecule has 0 aliphatic heterocycles. The molecule has 3 rings (SSSR count). The van der Waals surface area contributed by atoms with E-state index in [0.29, 0.717) is 10.8 Å². The monoisotopic (exact) mass is 401 g/mol. The first-order valence-electron chi connectivity index (χ1n) is 7.51. The van der Waals surface area contributed by atoms with Gasteiger partial charge in [0.1, 0.15) is 6.54 Å². The molecule has 2 aliphatic carbocycles. The lowest BCUT2D eigenvalue weighted by molar-refractivity contribution is -0.717. The average Bonchev–Trinajstić information content (AvgIpc) is 2.71.